The van der Waals surface area contributed by atoms with Crippen molar-refractivity contribution < 1.29 is 5.11 Å². The largest absolute Gasteiger partial charge is 0.388 e. The van der Waals surface area contributed by atoms with Gasteiger partial charge in [-0.05, 0) is 38.3 Å². The van der Waals surface area contributed by atoms with Gasteiger partial charge in [-0.1, -0.05) is 29.8 Å². The van der Waals surface area contributed by atoms with E-state index >= 15 is 0 Å². The average molecular weight is 205 g/mol. The van der Waals surface area contributed by atoms with Crippen LogP contribution < -0.4 is 5.32 Å². The minimum absolute atomic E-state index is 0.322. The average Bonchev–Trinajstić information content (AvgIpc) is 3.02. The Balaban J connectivity index is 1.78. The minimum atomic E-state index is -0.322. The van der Waals surface area contributed by atoms with Gasteiger partial charge >= 0.3 is 0 Å². The third-order valence-corrected chi connectivity index (χ3v) is 2.89. The van der Waals surface area contributed by atoms with Gasteiger partial charge in [0.1, 0.15) is 0 Å². The smallest absolute Gasteiger partial charge is 0.0802 e. The Morgan fingerprint density at radius 2 is 2.00 bits per heavy atom. The third kappa shape index (κ3) is 3.33. The van der Waals surface area contributed by atoms with E-state index in [-0.39, 0.29) is 6.10 Å². The number of hydrogen-bond donors (Lipinski definition) is 2. The van der Waals surface area contributed by atoms with E-state index in [1.54, 1.807) is 0 Å². The summed E-state index contributed by atoms with van der Waals surface area (Å²) in [6.07, 6.45) is 3.10. The van der Waals surface area contributed by atoms with Crippen molar-refractivity contribution in [1.82, 2.24) is 5.32 Å². The highest BCUT2D eigenvalue weighted by Crippen LogP contribution is 2.20. The summed E-state index contributed by atoms with van der Waals surface area (Å²) in [5, 5.41) is 13.3. The first-order chi connectivity index (χ1) is 7.25. The van der Waals surface area contributed by atoms with E-state index in [9.17, 15) is 5.11 Å². The molecule has 82 valence electrons. The molecule has 0 aliphatic heterocycles. The standard InChI is InChI=1S/C13H19NO/c1-10-2-4-11(5-3-10)13(15)8-9-14-12-6-7-12/h2-5,12-15H,6-9H2,1H3. The molecule has 0 radical (unpaired) electrons. The fourth-order valence-corrected chi connectivity index (χ4v) is 1.67. The molecule has 0 aromatic heterocycles. The van der Waals surface area contributed by atoms with Gasteiger partial charge in [0, 0.05) is 6.04 Å². The Hall–Kier alpha value is -0.860. The number of aliphatic hydroxyl groups excluding tert-OH is 1. The van der Waals surface area contributed by atoms with Gasteiger partial charge in [0.05, 0.1) is 6.10 Å². The second kappa shape index (κ2) is 4.77. The highest BCUT2D eigenvalue weighted by atomic mass is 16.3. The van der Waals surface area contributed by atoms with Crippen molar-refractivity contribution in [2.45, 2.75) is 38.3 Å². The summed E-state index contributed by atoms with van der Waals surface area (Å²) >= 11 is 0. The zero-order chi connectivity index (χ0) is 10.7. The summed E-state index contributed by atoms with van der Waals surface area (Å²) in [5.41, 5.74) is 2.26. The first-order valence-electron chi connectivity index (χ1n) is 5.74. The Kier molecular flexibility index (Phi) is 3.39. The molecule has 0 spiro atoms. The summed E-state index contributed by atoms with van der Waals surface area (Å²) in [7, 11) is 0. The highest BCUT2D eigenvalue weighted by molar-refractivity contribution is 5.22. The molecule has 1 aliphatic carbocycles. The topological polar surface area (TPSA) is 32.3 Å². The van der Waals surface area contributed by atoms with Crippen LogP contribution in [0.4, 0.5) is 0 Å². The summed E-state index contributed by atoms with van der Waals surface area (Å²) in [6, 6.07) is 8.85. The first kappa shape index (κ1) is 10.7. The van der Waals surface area contributed by atoms with E-state index < -0.39 is 0 Å². The van der Waals surface area contributed by atoms with Crippen LogP contribution in [-0.4, -0.2) is 17.7 Å². The molecule has 1 unspecified atom stereocenters. The maximum absolute atomic E-state index is 9.90. The first-order valence-corrected chi connectivity index (χ1v) is 5.74. The number of rotatable bonds is 5. The van der Waals surface area contributed by atoms with Gasteiger partial charge in [0.15, 0.2) is 0 Å². The molecule has 1 aromatic rings. The van der Waals surface area contributed by atoms with Crippen LogP contribution in [0.15, 0.2) is 24.3 Å². The molecule has 0 amide bonds. The van der Waals surface area contributed by atoms with Crippen molar-refractivity contribution in [3.8, 4) is 0 Å². The molecular formula is C13H19NO. The second-order valence-electron chi connectivity index (χ2n) is 4.44. The Labute approximate surface area is 91.3 Å². The highest BCUT2D eigenvalue weighted by Gasteiger charge is 2.20. The van der Waals surface area contributed by atoms with Crippen molar-refractivity contribution in [2.75, 3.05) is 6.54 Å². The molecule has 1 fully saturated rings. The monoisotopic (exact) mass is 205 g/mol. The fraction of sp³-hybridized carbons (Fsp3) is 0.538. The predicted molar refractivity (Wildman–Crippen MR) is 61.8 cm³/mol. The van der Waals surface area contributed by atoms with Crippen molar-refractivity contribution >= 4 is 0 Å². The van der Waals surface area contributed by atoms with Crippen LogP contribution in [0.25, 0.3) is 0 Å². The summed E-state index contributed by atoms with van der Waals surface area (Å²) < 4.78 is 0. The number of nitrogens with one attached hydrogen (secondary N) is 1. The van der Waals surface area contributed by atoms with Crippen LogP contribution in [0, 0.1) is 6.92 Å². The van der Waals surface area contributed by atoms with E-state index in [2.05, 4.69) is 12.2 Å². The van der Waals surface area contributed by atoms with Gasteiger partial charge < -0.3 is 10.4 Å². The van der Waals surface area contributed by atoms with Crippen LogP contribution >= 0.6 is 0 Å². The molecule has 0 bridgehead atoms. The van der Waals surface area contributed by atoms with Crippen LogP contribution in [-0.2, 0) is 0 Å². The molecular weight excluding hydrogens is 186 g/mol. The van der Waals surface area contributed by atoms with Crippen LogP contribution in [0.2, 0.25) is 0 Å². The summed E-state index contributed by atoms with van der Waals surface area (Å²) in [6.45, 7) is 2.98. The molecule has 1 saturated carbocycles. The molecule has 0 heterocycles. The molecule has 2 heteroatoms. The molecule has 1 atom stereocenters. The van der Waals surface area contributed by atoms with E-state index in [1.165, 1.54) is 18.4 Å². The SMILES string of the molecule is Cc1ccc(C(O)CCNC2CC2)cc1. The number of hydrogen-bond acceptors (Lipinski definition) is 2. The van der Waals surface area contributed by atoms with E-state index in [4.69, 9.17) is 0 Å². The maximum atomic E-state index is 9.90. The van der Waals surface area contributed by atoms with E-state index in [1.807, 2.05) is 24.3 Å². The Bertz CT molecular complexity index is 303. The van der Waals surface area contributed by atoms with Crippen molar-refractivity contribution in [3.05, 3.63) is 35.4 Å². The van der Waals surface area contributed by atoms with Crippen molar-refractivity contribution in [2.24, 2.45) is 0 Å². The van der Waals surface area contributed by atoms with Gasteiger partial charge in [-0.15, -0.1) is 0 Å². The lowest BCUT2D eigenvalue weighted by molar-refractivity contribution is 0.166. The quantitative estimate of drug-likeness (QED) is 0.772. The van der Waals surface area contributed by atoms with Gasteiger partial charge in [0.25, 0.3) is 0 Å². The molecule has 15 heavy (non-hydrogen) atoms. The zero-order valence-corrected chi connectivity index (χ0v) is 9.24. The second-order valence-corrected chi connectivity index (χ2v) is 4.44. The lowest BCUT2D eigenvalue weighted by atomic mass is 10.1. The lowest BCUT2D eigenvalue weighted by Crippen LogP contribution is -2.19. The van der Waals surface area contributed by atoms with E-state index in [0.29, 0.717) is 0 Å². The number of benzene rings is 1. The summed E-state index contributed by atoms with van der Waals surface area (Å²) in [4.78, 5) is 0. The van der Waals surface area contributed by atoms with Crippen molar-refractivity contribution in [3.63, 3.8) is 0 Å². The minimum Gasteiger partial charge on any atom is -0.388 e. The fourth-order valence-electron chi connectivity index (χ4n) is 1.67. The Morgan fingerprint density at radius 1 is 1.33 bits per heavy atom. The summed E-state index contributed by atoms with van der Waals surface area (Å²) in [5.74, 6) is 0. The molecule has 1 aromatic carbocycles. The van der Waals surface area contributed by atoms with E-state index in [0.717, 1.165) is 24.6 Å². The number of aryl methyl sites for hydroxylation is 1. The zero-order valence-electron chi connectivity index (χ0n) is 9.24. The lowest BCUT2D eigenvalue weighted by Gasteiger charge is -2.11. The molecule has 1 aliphatic rings. The van der Waals surface area contributed by atoms with Gasteiger partial charge in [0.2, 0.25) is 0 Å². The van der Waals surface area contributed by atoms with Gasteiger partial charge in [-0.25, -0.2) is 0 Å². The van der Waals surface area contributed by atoms with Crippen molar-refractivity contribution in [1.29, 1.82) is 0 Å². The Morgan fingerprint density at radius 3 is 2.60 bits per heavy atom. The molecule has 0 saturated heterocycles. The number of aliphatic hydroxyl groups is 1. The van der Waals surface area contributed by atoms with Gasteiger partial charge in [-0.2, -0.15) is 0 Å². The third-order valence-electron chi connectivity index (χ3n) is 2.89. The van der Waals surface area contributed by atoms with Gasteiger partial charge in [-0.3, -0.25) is 0 Å². The van der Waals surface area contributed by atoms with Crippen LogP contribution in [0.1, 0.15) is 36.5 Å². The molecule has 2 nitrogen and oxygen atoms in total. The predicted octanol–water partition coefficient (Wildman–Crippen LogP) is 2.17. The molecule has 2 rings (SSSR count). The maximum Gasteiger partial charge on any atom is 0.0802 e. The van der Waals surface area contributed by atoms with Crippen LogP contribution in [0.3, 0.4) is 0 Å². The normalized spacial score (nSPS) is 17.7. The van der Waals surface area contributed by atoms with Crippen LogP contribution in [0.5, 0.6) is 0 Å². The molecule has 2 N–H and O–H groups in total.